The molecular formula is C9H11I3Ti. The third kappa shape index (κ3) is 5.77. The monoisotopic (exact) mass is 548 g/mol. The summed E-state index contributed by atoms with van der Waals surface area (Å²) < 4.78 is 0. The molecule has 0 aromatic heterocycles. The Kier molecular flexibility index (Phi) is 17.1. The van der Waals surface area contributed by atoms with Gasteiger partial charge in [-0.15, -0.1) is 0 Å². The van der Waals surface area contributed by atoms with Gasteiger partial charge in [-0.25, -0.2) is 6.07 Å². The Balaban J connectivity index is -0.000000250. The van der Waals surface area contributed by atoms with E-state index in [-0.39, 0.29) is 93.6 Å². The molecule has 0 N–H and O–H groups in total. The van der Waals surface area contributed by atoms with E-state index < -0.39 is 0 Å². The van der Waals surface area contributed by atoms with E-state index in [1.165, 1.54) is 25.7 Å². The molecule has 0 radical (unpaired) electrons. The van der Waals surface area contributed by atoms with Gasteiger partial charge in [0.1, 0.15) is 0 Å². The smallest absolute Gasteiger partial charge is 1.00 e. The van der Waals surface area contributed by atoms with Gasteiger partial charge in [0.15, 0.2) is 0 Å². The van der Waals surface area contributed by atoms with E-state index in [4.69, 9.17) is 0 Å². The minimum absolute atomic E-state index is 0. The van der Waals surface area contributed by atoms with Gasteiger partial charge in [-0.2, -0.15) is 23.3 Å². The fraction of sp³-hybridized carbons (Fsp3) is 0.444. The molecule has 0 atom stereocenters. The molecule has 0 aliphatic heterocycles. The van der Waals surface area contributed by atoms with E-state index in [2.05, 4.69) is 18.2 Å². The third-order valence-electron chi connectivity index (χ3n) is 2.15. The molecule has 0 nitrogen and oxygen atoms in total. The van der Waals surface area contributed by atoms with Crippen molar-refractivity contribution in [1.82, 2.24) is 0 Å². The number of rotatable bonds is 0. The molecule has 1 aliphatic rings. The van der Waals surface area contributed by atoms with E-state index in [9.17, 15) is 0 Å². The second kappa shape index (κ2) is 10.8. The zero-order valence-corrected chi connectivity index (χ0v) is 15.2. The topological polar surface area (TPSA) is 0 Å². The van der Waals surface area contributed by atoms with Crippen LogP contribution in [0, 0.1) is 0 Å². The van der Waals surface area contributed by atoms with E-state index in [0.717, 1.165) is 0 Å². The first kappa shape index (κ1) is 20.6. The van der Waals surface area contributed by atoms with E-state index in [0.29, 0.717) is 0 Å². The maximum atomic E-state index is 2.26. The summed E-state index contributed by atoms with van der Waals surface area (Å²) in [7, 11) is 0. The minimum atomic E-state index is 0. The predicted molar refractivity (Wildman–Crippen MR) is 38.7 cm³/mol. The number of halogens is 3. The second-order valence-electron chi connectivity index (χ2n) is 2.78. The van der Waals surface area contributed by atoms with Gasteiger partial charge in [-0.1, -0.05) is 25.7 Å². The van der Waals surface area contributed by atoms with Crippen LogP contribution in [0.4, 0.5) is 0 Å². The van der Waals surface area contributed by atoms with E-state index in [1.807, 2.05) is 0 Å². The standard InChI is InChI=1S/C9H11.3HI.Ti/c1-2-5-9-7-3-6-8(9)4-1;;;;/h3,6-7H,1-2,4-5H2;3*1H;/q-1;;;;+4/p-3. The van der Waals surface area contributed by atoms with Crippen molar-refractivity contribution < 1.29 is 93.6 Å². The van der Waals surface area contributed by atoms with Crippen molar-refractivity contribution in [1.29, 1.82) is 0 Å². The van der Waals surface area contributed by atoms with Crippen molar-refractivity contribution in [2.45, 2.75) is 25.7 Å². The molecular weight excluding hydrogens is 537 g/mol. The molecule has 0 amide bonds. The summed E-state index contributed by atoms with van der Waals surface area (Å²) in [6, 6.07) is 6.69. The van der Waals surface area contributed by atoms with Crippen molar-refractivity contribution in [3.8, 4) is 0 Å². The van der Waals surface area contributed by atoms with Gasteiger partial charge >= 0.3 is 21.7 Å². The zero-order valence-electron chi connectivity index (χ0n) is 7.19. The van der Waals surface area contributed by atoms with Gasteiger partial charge in [0, 0.05) is 0 Å². The van der Waals surface area contributed by atoms with Gasteiger partial charge in [-0.3, -0.25) is 0 Å². The molecule has 72 valence electrons. The molecule has 0 saturated heterocycles. The molecule has 13 heavy (non-hydrogen) atoms. The Labute approximate surface area is 146 Å². The van der Waals surface area contributed by atoms with Gasteiger partial charge in [0.25, 0.3) is 0 Å². The number of fused-ring (bicyclic) bond motifs is 1. The summed E-state index contributed by atoms with van der Waals surface area (Å²) >= 11 is 0. The summed E-state index contributed by atoms with van der Waals surface area (Å²) in [6.45, 7) is 0. The molecule has 2 rings (SSSR count). The van der Waals surface area contributed by atoms with Crippen molar-refractivity contribution in [2.24, 2.45) is 0 Å². The van der Waals surface area contributed by atoms with Crippen LogP contribution in [0.1, 0.15) is 24.0 Å². The number of hydrogen-bond donors (Lipinski definition) is 0. The van der Waals surface area contributed by atoms with Crippen molar-refractivity contribution in [2.75, 3.05) is 0 Å². The second-order valence-corrected chi connectivity index (χ2v) is 2.78. The molecule has 0 spiro atoms. The van der Waals surface area contributed by atoms with Crippen LogP contribution in [0.25, 0.3) is 0 Å². The maximum absolute atomic E-state index is 2.26. The third-order valence-corrected chi connectivity index (χ3v) is 2.15. The van der Waals surface area contributed by atoms with Gasteiger partial charge < -0.3 is 71.9 Å². The summed E-state index contributed by atoms with van der Waals surface area (Å²) in [5.74, 6) is 0. The largest absolute Gasteiger partial charge is 4.00 e. The summed E-state index contributed by atoms with van der Waals surface area (Å²) in [4.78, 5) is 0. The van der Waals surface area contributed by atoms with Crippen LogP contribution in [-0.2, 0) is 34.6 Å². The Hall–Kier alpha value is 2.25. The van der Waals surface area contributed by atoms with Crippen LogP contribution in [0.5, 0.6) is 0 Å². The molecule has 1 aliphatic carbocycles. The maximum Gasteiger partial charge on any atom is 4.00 e. The van der Waals surface area contributed by atoms with Crippen LogP contribution < -0.4 is 71.9 Å². The molecule has 1 aromatic rings. The normalized spacial score (nSPS) is 12.0. The first-order chi connectivity index (χ1) is 4.47. The zero-order chi connectivity index (χ0) is 6.10. The summed E-state index contributed by atoms with van der Waals surface area (Å²) in [5, 5.41) is 0. The fourth-order valence-corrected chi connectivity index (χ4v) is 1.61. The van der Waals surface area contributed by atoms with Crippen LogP contribution in [0.3, 0.4) is 0 Å². The predicted octanol–water partition coefficient (Wildman–Crippen LogP) is -6.71. The van der Waals surface area contributed by atoms with Crippen LogP contribution in [0.2, 0.25) is 0 Å². The van der Waals surface area contributed by atoms with Gasteiger partial charge in [-0.05, 0) is 0 Å². The Morgan fingerprint density at radius 1 is 1.00 bits per heavy atom. The molecule has 0 heterocycles. The SMILES string of the molecule is [I-].[I-].[I-].[Ti+4].c1cc2c([cH-]1)CCCC2. The average molecular weight is 548 g/mol. The molecule has 0 unspecified atom stereocenters. The molecule has 4 heteroatoms. The molecule has 0 saturated carbocycles. The van der Waals surface area contributed by atoms with Crippen LogP contribution in [0.15, 0.2) is 18.2 Å². The van der Waals surface area contributed by atoms with Crippen LogP contribution in [-0.4, -0.2) is 0 Å². The van der Waals surface area contributed by atoms with Gasteiger partial charge in [0.2, 0.25) is 0 Å². The van der Waals surface area contributed by atoms with Crippen molar-refractivity contribution in [3.63, 3.8) is 0 Å². The Morgan fingerprint density at radius 2 is 1.62 bits per heavy atom. The van der Waals surface area contributed by atoms with Crippen LogP contribution >= 0.6 is 0 Å². The minimum Gasteiger partial charge on any atom is -1.00 e. The van der Waals surface area contributed by atoms with Crippen molar-refractivity contribution in [3.05, 3.63) is 29.3 Å². The Morgan fingerprint density at radius 3 is 2.23 bits per heavy atom. The summed E-state index contributed by atoms with van der Waals surface area (Å²) in [6.07, 6.45) is 5.44. The summed E-state index contributed by atoms with van der Waals surface area (Å²) in [5.41, 5.74) is 3.20. The fourth-order valence-electron chi connectivity index (χ4n) is 1.61. The van der Waals surface area contributed by atoms with Gasteiger partial charge in [0.05, 0.1) is 0 Å². The molecule has 0 bridgehead atoms. The number of aryl methyl sites for hydroxylation is 2. The number of hydrogen-bond acceptors (Lipinski definition) is 0. The van der Waals surface area contributed by atoms with Crippen molar-refractivity contribution >= 4 is 0 Å². The first-order valence-corrected chi connectivity index (χ1v) is 3.70. The average Bonchev–Trinajstić information content (AvgIpc) is 2.33. The first-order valence-electron chi connectivity index (χ1n) is 3.70. The Bertz CT molecular complexity index is 190. The quantitative estimate of drug-likeness (QED) is 0.172. The van der Waals surface area contributed by atoms with E-state index in [1.54, 1.807) is 11.1 Å². The van der Waals surface area contributed by atoms with E-state index >= 15 is 0 Å². The molecule has 1 aromatic carbocycles. The molecule has 0 fully saturated rings.